The predicted molar refractivity (Wildman–Crippen MR) is 65.6 cm³/mol. The Morgan fingerprint density at radius 1 is 1.25 bits per heavy atom. The van der Waals surface area contributed by atoms with Crippen LogP contribution >= 0.6 is 11.6 Å². The van der Waals surface area contributed by atoms with Gasteiger partial charge in [-0.25, -0.2) is 4.98 Å². The fraction of sp³-hybridized carbons (Fsp3) is 0.308. The van der Waals surface area contributed by atoms with Gasteiger partial charge < -0.3 is 4.42 Å². The highest BCUT2D eigenvalue weighted by Crippen LogP contribution is 2.27. The lowest BCUT2D eigenvalue weighted by atomic mass is 10.1. The number of halogens is 1. The molecule has 0 spiro atoms. The maximum absolute atomic E-state index is 5.85. The van der Waals surface area contributed by atoms with Gasteiger partial charge in [-0.15, -0.1) is 11.6 Å². The molecule has 0 saturated heterocycles. The Morgan fingerprint density at radius 2 is 1.94 bits per heavy atom. The van der Waals surface area contributed by atoms with Crippen LogP contribution < -0.4 is 0 Å². The number of alkyl halides is 1. The quantitative estimate of drug-likeness (QED) is 0.745. The third-order valence-corrected chi connectivity index (χ3v) is 2.65. The second-order valence-corrected chi connectivity index (χ2v) is 4.25. The van der Waals surface area contributed by atoms with Crippen molar-refractivity contribution < 1.29 is 4.42 Å². The fourth-order valence-electron chi connectivity index (χ4n) is 1.61. The normalized spacial score (nSPS) is 11.0. The van der Waals surface area contributed by atoms with Gasteiger partial charge in [-0.3, -0.25) is 0 Å². The van der Waals surface area contributed by atoms with Gasteiger partial charge in [0.05, 0.1) is 11.6 Å². The van der Waals surface area contributed by atoms with Gasteiger partial charge in [-0.1, -0.05) is 32.0 Å². The summed E-state index contributed by atoms with van der Waals surface area (Å²) in [6.07, 6.45) is 0. The molecule has 16 heavy (non-hydrogen) atoms. The second-order valence-electron chi connectivity index (χ2n) is 3.98. The van der Waals surface area contributed by atoms with E-state index in [4.69, 9.17) is 16.0 Å². The molecule has 0 saturated carbocycles. The molecule has 0 aliphatic carbocycles. The molecule has 0 atom stereocenters. The highest BCUT2D eigenvalue weighted by atomic mass is 35.5. The van der Waals surface area contributed by atoms with Crippen molar-refractivity contribution in [2.75, 3.05) is 0 Å². The number of nitrogens with zero attached hydrogens (tertiary/aromatic N) is 1. The van der Waals surface area contributed by atoms with Crippen LogP contribution in [-0.4, -0.2) is 4.98 Å². The Kier molecular flexibility index (Phi) is 3.30. The average molecular weight is 236 g/mol. The number of hydrogen-bond acceptors (Lipinski definition) is 2. The van der Waals surface area contributed by atoms with E-state index in [-0.39, 0.29) is 0 Å². The molecule has 1 heterocycles. The van der Waals surface area contributed by atoms with Crippen LogP contribution in [0.3, 0.4) is 0 Å². The van der Waals surface area contributed by atoms with Crippen molar-refractivity contribution in [1.82, 2.24) is 4.98 Å². The topological polar surface area (TPSA) is 26.0 Å². The van der Waals surface area contributed by atoms with E-state index in [1.165, 1.54) is 0 Å². The summed E-state index contributed by atoms with van der Waals surface area (Å²) in [5, 5.41) is 0. The van der Waals surface area contributed by atoms with Crippen molar-refractivity contribution in [3.63, 3.8) is 0 Å². The van der Waals surface area contributed by atoms with Crippen LogP contribution in [0.5, 0.6) is 0 Å². The van der Waals surface area contributed by atoms with E-state index in [1.54, 1.807) is 0 Å². The van der Waals surface area contributed by atoms with Gasteiger partial charge in [-0.05, 0) is 12.1 Å². The van der Waals surface area contributed by atoms with Crippen LogP contribution in [0.4, 0.5) is 0 Å². The monoisotopic (exact) mass is 235 g/mol. The molecular formula is C13H14ClNO. The molecule has 1 aromatic heterocycles. The van der Waals surface area contributed by atoms with E-state index in [0.29, 0.717) is 17.7 Å². The predicted octanol–water partition coefficient (Wildman–Crippen LogP) is 4.20. The van der Waals surface area contributed by atoms with Crippen molar-refractivity contribution in [3.05, 3.63) is 41.8 Å². The molecule has 0 bridgehead atoms. The third-order valence-electron chi connectivity index (χ3n) is 2.40. The average Bonchev–Trinajstić information content (AvgIpc) is 2.74. The van der Waals surface area contributed by atoms with Crippen molar-refractivity contribution in [2.24, 2.45) is 0 Å². The summed E-state index contributed by atoms with van der Waals surface area (Å²) in [4.78, 5) is 4.42. The molecule has 2 aromatic rings. The number of oxazole rings is 1. The first-order valence-electron chi connectivity index (χ1n) is 5.33. The highest BCUT2D eigenvalue weighted by molar-refractivity contribution is 6.17. The zero-order valence-electron chi connectivity index (χ0n) is 9.40. The Morgan fingerprint density at radius 3 is 2.44 bits per heavy atom. The number of benzene rings is 1. The Balaban J connectivity index is 2.44. The molecular weight excluding hydrogens is 222 g/mol. The smallest absolute Gasteiger partial charge is 0.226 e. The maximum Gasteiger partial charge on any atom is 0.226 e. The molecule has 84 valence electrons. The van der Waals surface area contributed by atoms with Gasteiger partial charge in [0.25, 0.3) is 0 Å². The van der Waals surface area contributed by atoms with E-state index in [0.717, 1.165) is 17.0 Å². The third kappa shape index (κ3) is 2.12. The van der Waals surface area contributed by atoms with E-state index in [1.807, 2.05) is 30.3 Å². The van der Waals surface area contributed by atoms with E-state index in [2.05, 4.69) is 18.8 Å². The minimum Gasteiger partial charge on any atom is -0.441 e. The molecule has 0 amide bonds. The van der Waals surface area contributed by atoms with Crippen LogP contribution in [-0.2, 0) is 5.88 Å². The second kappa shape index (κ2) is 4.71. The van der Waals surface area contributed by atoms with Crippen LogP contribution in [0.2, 0.25) is 0 Å². The number of hydrogen-bond donors (Lipinski definition) is 0. The van der Waals surface area contributed by atoms with Gasteiger partial charge in [-0.2, -0.15) is 0 Å². The largest absolute Gasteiger partial charge is 0.441 e. The van der Waals surface area contributed by atoms with Crippen molar-refractivity contribution in [3.8, 4) is 11.5 Å². The van der Waals surface area contributed by atoms with E-state index >= 15 is 0 Å². The lowest BCUT2D eigenvalue weighted by Crippen LogP contribution is -1.89. The molecule has 0 unspecified atom stereocenters. The lowest BCUT2D eigenvalue weighted by molar-refractivity contribution is 0.492. The van der Waals surface area contributed by atoms with Crippen molar-refractivity contribution in [2.45, 2.75) is 25.6 Å². The van der Waals surface area contributed by atoms with Crippen molar-refractivity contribution >= 4 is 11.6 Å². The molecule has 1 aromatic carbocycles. The van der Waals surface area contributed by atoms with Gasteiger partial charge in [0.15, 0.2) is 0 Å². The minimum atomic E-state index is 0.304. The van der Waals surface area contributed by atoms with Crippen LogP contribution in [0.1, 0.15) is 31.2 Å². The zero-order chi connectivity index (χ0) is 11.5. The Labute approximate surface area is 100 Å². The molecule has 0 aliphatic heterocycles. The molecule has 0 N–H and O–H groups in total. The summed E-state index contributed by atoms with van der Waals surface area (Å²) < 4.78 is 5.76. The Hall–Kier alpha value is -1.28. The summed E-state index contributed by atoms with van der Waals surface area (Å²) in [7, 11) is 0. The SMILES string of the molecule is CC(C)c1oc(-c2ccccc2)nc1CCl. The summed E-state index contributed by atoms with van der Waals surface area (Å²) in [6.45, 7) is 4.15. The van der Waals surface area contributed by atoms with Crippen LogP contribution in [0, 0.1) is 0 Å². The molecule has 2 nitrogen and oxygen atoms in total. The maximum atomic E-state index is 5.85. The van der Waals surface area contributed by atoms with Crippen LogP contribution in [0.25, 0.3) is 11.5 Å². The van der Waals surface area contributed by atoms with Crippen LogP contribution in [0.15, 0.2) is 34.7 Å². The highest BCUT2D eigenvalue weighted by Gasteiger charge is 2.16. The molecule has 3 heteroatoms. The summed E-state index contributed by atoms with van der Waals surface area (Å²) >= 11 is 5.85. The van der Waals surface area contributed by atoms with E-state index < -0.39 is 0 Å². The van der Waals surface area contributed by atoms with Gasteiger partial charge in [0.2, 0.25) is 5.89 Å². The summed E-state index contributed by atoms with van der Waals surface area (Å²) in [5.41, 5.74) is 1.83. The zero-order valence-corrected chi connectivity index (χ0v) is 10.2. The summed E-state index contributed by atoms with van der Waals surface area (Å²) in [5.74, 6) is 2.23. The van der Waals surface area contributed by atoms with Gasteiger partial charge in [0, 0.05) is 11.5 Å². The standard InChI is InChI=1S/C13H14ClNO/c1-9(2)12-11(8-14)15-13(16-12)10-6-4-3-5-7-10/h3-7,9H,8H2,1-2H3. The molecule has 2 rings (SSSR count). The first-order chi connectivity index (χ1) is 7.72. The first kappa shape index (κ1) is 11.2. The van der Waals surface area contributed by atoms with E-state index in [9.17, 15) is 0 Å². The minimum absolute atomic E-state index is 0.304. The van der Waals surface area contributed by atoms with Gasteiger partial charge in [0.1, 0.15) is 5.76 Å². The fourth-order valence-corrected chi connectivity index (χ4v) is 1.81. The first-order valence-corrected chi connectivity index (χ1v) is 5.86. The summed E-state index contributed by atoms with van der Waals surface area (Å²) in [6, 6.07) is 9.87. The number of aromatic nitrogens is 1. The Bertz CT molecular complexity index is 462. The number of rotatable bonds is 3. The van der Waals surface area contributed by atoms with Gasteiger partial charge >= 0.3 is 0 Å². The molecule has 0 radical (unpaired) electrons. The molecule has 0 aliphatic rings. The molecule has 0 fully saturated rings. The van der Waals surface area contributed by atoms with Crippen molar-refractivity contribution in [1.29, 1.82) is 0 Å². The lowest BCUT2D eigenvalue weighted by Gasteiger charge is -2.00.